The summed E-state index contributed by atoms with van der Waals surface area (Å²) in [4.78, 5) is 24.6. The quantitative estimate of drug-likeness (QED) is 0.623. The van der Waals surface area contributed by atoms with Gasteiger partial charge in [0.25, 0.3) is 0 Å². The van der Waals surface area contributed by atoms with Crippen molar-refractivity contribution in [3.05, 3.63) is 66.2 Å². The van der Waals surface area contributed by atoms with Crippen LogP contribution in [0.15, 0.2) is 65.6 Å². The van der Waals surface area contributed by atoms with Gasteiger partial charge in [-0.05, 0) is 30.5 Å². The first-order valence-corrected chi connectivity index (χ1v) is 11.5. The fourth-order valence-corrected chi connectivity index (χ4v) is 4.97. The van der Waals surface area contributed by atoms with Crippen LogP contribution in [0.4, 0.5) is 0 Å². The number of rotatable bonds is 8. The van der Waals surface area contributed by atoms with Gasteiger partial charge in [-0.25, -0.2) is 8.42 Å². The SMILES string of the molecule is O=C(Cc1ccccc1)NCCNC(=O)C1CCN(S(=O)(=O)c2ccccc2)CC1. The molecule has 0 aromatic heterocycles. The Morgan fingerprint density at radius 2 is 1.43 bits per heavy atom. The van der Waals surface area contributed by atoms with Gasteiger partial charge in [-0.2, -0.15) is 4.31 Å². The average Bonchev–Trinajstić information content (AvgIpc) is 2.78. The molecule has 3 rings (SSSR count). The van der Waals surface area contributed by atoms with E-state index in [1.807, 2.05) is 30.3 Å². The first kappa shape index (κ1) is 22.0. The lowest BCUT2D eigenvalue weighted by Crippen LogP contribution is -2.44. The highest BCUT2D eigenvalue weighted by Crippen LogP contribution is 2.23. The number of piperidine rings is 1. The summed E-state index contributed by atoms with van der Waals surface area (Å²) in [6, 6.07) is 17.8. The molecular weight excluding hydrogens is 402 g/mol. The van der Waals surface area contributed by atoms with Gasteiger partial charge in [0.2, 0.25) is 21.8 Å². The third-order valence-corrected chi connectivity index (χ3v) is 7.07. The van der Waals surface area contributed by atoms with Crippen molar-refractivity contribution in [2.75, 3.05) is 26.2 Å². The van der Waals surface area contributed by atoms with Gasteiger partial charge >= 0.3 is 0 Å². The molecule has 2 amide bonds. The molecule has 0 saturated carbocycles. The Balaban J connectivity index is 1.37. The van der Waals surface area contributed by atoms with Gasteiger partial charge in [0.05, 0.1) is 11.3 Å². The Morgan fingerprint density at radius 3 is 2.07 bits per heavy atom. The van der Waals surface area contributed by atoms with Crippen LogP contribution in [0.25, 0.3) is 0 Å². The predicted octanol–water partition coefficient (Wildman–Crippen LogP) is 1.56. The lowest BCUT2D eigenvalue weighted by molar-refractivity contribution is -0.126. The van der Waals surface area contributed by atoms with Gasteiger partial charge in [-0.15, -0.1) is 0 Å². The number of nitrogens with zero attached hydrogens (tertiary/aromatic N) is 1. The molecule has 1 fully saturated rings. The Bertz CT molecular complexity index is 941. The zero-order valence-corrected chi connectivity index (χ0v) is 17.6. The normalized spacial score (nSPS) is 15.5. The van der Waals surface area contributed by atoms with Crippen molar-refractivity contribution >= 4 is 21.8 Å². The second-order valence-corrected chi connectivity index (χ2v) is 9.23. The summed E-state index contributed by atoms with van der Waals surface area (Å²) in [5, 5.41) is 5.63. The summed E-state index contributed by atoms with van der Waals surface area (Å²) >= 11 is 0. The molecule has 0 spiro atoms. The summed E-state index contributed by atoms with van der Waals surface area (Å²) in [5.41, 5.74) is 0.941. The van der Waals surface area contributed by atoms with Gasteiger partial charge in [0, 0.05) is 32.1 Å². The Morgan fingerprint density at radius 1 is 0.867 bits per heavy atom. The van der Waals surface area contributed by atoms with Crippen molar-refractivity contribution in [3.8, 4) is 0 Å². The molecule has 0 aliphatic carbocycles. The first-order chi connectivity index (χ1) is 14.5. The van der Waals surface area contributed by atoms with Crippen LogP contribution in [0.2, 0.25) is 0 Å². The average molecular weight is 430 g/mol. The maximum absolute atomic E-state index is 12.7. The van der Waals surface area contributed by atoms with Crippen LogP contribution in [-0.4, -0.2) is 50.7 Å². The number of carbonyl (C=O) groups is 2. The van der Waals surface area contributed by atoms with Crippen molar-refractivity contribution in [2.45, 2.75) is 24.2 Å². The Labute approximate surface area is 177 Å². The number of sulfonamides is 1. The highest BCUT2D eigenvalue weighted by molar-refractivity contribution is 7.89. The van der Waals surface area contributed by atoms with E-state index in [4.69, 9.17) is 0 Å². The van der Waals surface area contributed by atoms with Crippen LogP contribution in [0, 0.1) is 5.92 Å². The largest absolute Gasteiger partial charge is 0.354 e. The topological polar surface area (TPSA) is 95.6 Å². The van der Waals surface area contributed by atoms with E-state index in [0.717, 1.165) is 5.56 Å². The molecule has 0 atom stereocenters. The second-order valence-electron chi connectivity index (χ2n) is 7.29. The lowest BCUT2D eigenvalue weighted by atomic mass is 9.97. The molecule has 160 valence electrons. The smallest absolute Gasteiger partial charge is 0.243 e. The van der Waals surface area contributed by atoms with Crippen LogP contribution in [0.1, 0.15) is 18.4 Å². The maximum atomic E-state index is 12.7. The Hall–Kier alpha value is -2.71. The van der Waals surface area contributed by atoms with Crippen molar-refractivity contribution in [2.24, 2.45) is 5.92 Å². The predicted molar refractivity (Wildman–Crippen MR) is 114 cm³/mol. The second kappa shape index (κ2) is 10.4. The number of hydrogen-bond acceptors (Lipinski definition) is 4. The van der Waals surface area contributed by atoms with E-state index < -0.39 is 10.0 Å². The summed E-state index contributed by atoms with van der Waals surface area (Å²) < 4.78 is 26.7. The van der Waals surface area contributed by atoms with Crippen LogP contribution < -0.4 is 10.6 Å². The maximum Gasteiger partial charge on any atom is 0.243 e. The molecule has 0 bridgehead atoms. The summed E-state index contributed by atoms with van der Waals surface area (Å²) in [5.74, 6) is -0.397. The molecule has 7 nitrogen and oxygen atoms in total. The van der Waals surface area contributed by atoms with E-state index in [0.29, 0.717) is 45.4 Å². The molecular formula is C22H27N3O4S. The van der Waals surface area contributed by atoms with Crippen LogP contribution in [0.5, 0.6) is 0 Å². The molecule has 0 unspecified atom stereocenters. The Kier molecular flexibility index (Phi) is 7.59. The van der Waals surface area contributed by atoms with E-state index in [-0.39, 0.29) is 22.6 Å². The van der Waals surface area contributed by atoms with Crippen molar-refractivity contribution < 1.29 is 18.0 Å². The highest BCUT2D eigenvalue weighted by atomic mass is 32.2. The molecule has 1 heterocycles. The highest BCUT2D eigenvalue weighted by Gasteiger charge is 2.31. The van der Waals surface area contributed by atoms with Crippen molar-refractivity contribution in [1.29, 1.82) is 0 Å². The molecule has 2 aromatic rings. The minimum absolute atomic E-state index is 0.0881. The van der Waals surface area contributed by atoms with E-state index in [2.05, 4.69) is 10.6 Å². The van der Waals surface area contributed by atoms with Gasteiger partial charge in [0.15, 0.2) is 0 Å². The number of amides is 2. The van der Waals surface area contributed by atoms with Crippen molar-refractivity contribution in [3.63, 3.8) is 0 Å². The summed E-state index contributed by atoms with van der Waals surface area (Å²) in [6.07, 6.45) is 1.28. The monoisotopic (exact) mass is 429 g/mol. The zero-order chi connectivity index (χ0) is 21.4. The van der Waals surface area contributed by atoms with Gasteiger partial charge < -0.3 is 10.6 Å². The van der Waals surface area contributed by atoms with Crippen LogP contribution in [0.3, 0.4) is 0 Å². The van der Waals surface area contributed by atoms with E-state index >= 15 is 0 Å². The van der Waals surface area contributed by atoms with Gasteiger partial charge in [-0.1, -0.05) is 48.5 Å². The molecule has 2 N–H and O–H groups in total. The third-order valence-electron chi connectivity index (χ3n) is 5.16. The lowest BCUT2D eigenvalue weighted by Gasteiger charge is -2.30. The molecule has 0 radical (unpaired) electrons. The molecule has 30 heavy (non-hydrogen) atoms. The summed E-state index contributed by atoms with van der Waals surface area (Å²) in [6.45, 7) is 1.35. The molecule has 8 heteroatoms. The van der Waals surface area contributed by atoms with Crippen molar-refractivity contribution in [1.82, 2.24) is 14.9 Å². The van der Waals surface area contributed by atoms with E-state index in [9.17, 15) is 18.0 Å². The third kappa shape index (κ3) is 5.90. The molecule has 2 aromatic carbocycles. The van der Waals surface area contributed by atoms with Crippen LogP contribution >= 0.6 is 0 Å². The minimum atomic E-state index is -3.51. The summed E-state index contributed by atoms with van der Waals surface area (Å²) in [7, 11) is -3.51. The number of nitrogens with one attached hydrogen (secondary N) is 2. The van der Waals surface area contributed by atoms with Gasteiger partial charge in [0.1, 0.15) is 0 Å². The standard InChI is InChI=1S/C22H27N3O4S/c26-21(17-18-7-3-1-4-8-18)23-13-14-24-22(27)19-11-15-25(16-12-19)30(28,29)20-9-5-2-6-10-20/h1-10,19H,11-17H2,(H,23,26)(H,24,27). The fraction of sp³-hybridized carbons (Fsp3) is 0.364. The molecule has 1 aliphatic rings. The first-order valence-electron chi connectivity index (χ1n) is 10.1. The number of benzene rings is 2. The van der Waals surface area contributed by atoms with E-state index in [1.165, 1.54) is 4.31 Å². The zero-order valence-electron chi connectivity index (χ0n) is 16.8. The molecule has 1 aliphatic heterocycles. The number of hydrogen-bond donors (Lipinski definition) is 2. The van der Waals surface area contributed by atoms with E-state index in [1.54, 1.807) is 30.3 Å². The molecule has 1 saturated heterocycles. The van der Waals surface area contributed by atoms with Gasteiger partial charge in [-0.3, -0.25) is 9.59 Å². The van der Waals surface area contributed by atoms with Crippen LogP contribution in [-0.2, 0) is 26.0 Å². The number of carbonyl (C=O) groups excluding carboxylic acids is 2. The minimum Gasteiger partial charge on any atom is -0.354 e. The fourth-order valence-electron chi connectivity index (χ4n) is 3.48.